The fourth-order valence-corrected chi connectivity index (χ4v) is 2.65. The van der Waals surface area contributed by atoms with Gasteiger partial charge in [-0.05, 0) is 39.3 Å². The lowest BCUT2D eigenvalue weighted by Gasteiger charge is -2.39. The summed E-state index contributed by atoms with van der Waals surface area (Å²) in [6.07, 6.45) is 1.78. The molecule has 1 saturated heterocycles. The Labute approximate surface area is 126 Å². The second-order valence-corrected chi connectivity index (χ2v) is 6.75. The van der Waals surface area contributed by atoms with Crippen molar-refractivity contribution in [1.82, 2.24) is 10.3 Å². The van der Waals surface area contributed by atoms with Gasteiger partial charge in [0.05, 0.1) is 12.5 Å². The van der Waals surface area contributed by atoms with Crippen molar-refractivity contribution < 1.29 is 9.53 Å². The fourth-order valence-electron chi connectivity index (χ4n) is 2.65. The number of piperazine rings is 1. The molecule has 0 bridgehead atoms. The van der Waals surface area contributed by atoms with E-state index < -0.39 is 5.41 Å². The molecular formula is C16H25N3O2. The van der Waals surface area contributed by atoms with Crippen molar-refractivity contribution in [1.29, 1.82) is 0 Å². The number of aromatic nitrogens is 1. The Morgan fingerprint density at radius 1 is 1.43 bits per heavy atom. The van der Waals surface area contributed by atoms with Crippen LogP contribution in [0, 0.1) is 0 Å². The van der Waals surface area contributed by atoms with Gasteiger partial charge in [-0.15, -0.1) is 0 Å². The third-order valence-electron chi connectivity index (χ3n) is 4.06. The van der Waals surface area contributed by atoms with Crippen LogP contribution in [0.15, 0.2) is 18.3 Å². The van der Waals surface area contributed by atoms with Crippen molar-refractivity contribution in [3.63, 3.8) is 0 Å². The molecule has 5 nitrogen and oxygen atoms in total. The van der Waals surface area contributed by atoms with Gasteiger partial charge < -0.3 is 15.0 Å². The molecule has 5 heteroatoms. The highest BCUT2D eigenvalue weighted by atomic mass is 16.5. The molecule has 1 aliphatic rings. The molecule has 1 aromatic rings. The van der Waals surface area contributed by atoms with Gasteiger partial charge in [-0.1, -0.05) is 6.07 Å². The van der Waals surface area contributed by atoms with E-state index in [2.05, 4.69) is 29.0 Å². The van der Waals surface area contributed by atoms with Crippen LogP contribution in [0.3, 0.4) is 0 Å². The van der Waals surface area contributed by atoms with Gasteiger partial charge in [0.2, 0.25) is 0 Å². The van der Waals surface area contributed by atoms with Gasteiger partial charge in [-0.2, -0.15) is 0 Å². The summed E-state index contributed by atoms with van der Waals surface area (Å²) < 4.78 is 4.86. The van der Waals surface area contributed by atoms with Crippen molar-refractivity contribution in [3.05, 3.63) is 23.9 Å². The molecule has 1 aromatic heterocycles. The molecule has 2 rings (SSSR count). The molecule has 1 N–H and O–H groups in total. The number of methoxy groups -OCH3 is 1. The van der Waals surface area contributed by atoms with Crippen LogP contribution in [-0.4, -0.2) is 43.2 Å². The molecule has 0 atom stereocenters. The largest absolute Gasteiger partial charge is 0.468 e. The number of nitrogens with zero attached hydrogens (tertiary/aromatic N) is 2. The van der Waals surface area contributed by atoms with E-state index in [9.17, 15) is 4.79 Å². The van der Waals surface area contributed by atoms with Crippen LogP contribution in [0.25, 0.3) is 0 Å². The van der Waals surface area contributed by atoms with Crippen LogP contribution >= 0.6 is 0 Å². The zero-order valence-corrected chi connectivity index (χ0v) is 13.6. The minimum atomic E-state index is -0.678. The van der Waals surface area contributed by atoms with E-state index in [-0.39, 0.29) is 11.5 Å². The number of nitrogens with one attached hydrogen (secondary N) is 1. The van der Waals surface area contributed by atoms with Crippen molar-refractivity contribution >= 4 is 11.8 Å². The molecule has 0 radical (unpaired) electrons. The van der Waals surface area contributed by atoms with Gasteiger partial charge in [0.25, 0.3) is 0 Å². The average molecular weight is 291 g/mol. The molecular weight excluding hydrogens is 266 g/mol. The van der Waals surface area contributed by atoms with Crippen LogP contribution in [0.2, 0.25) is 0 Å². The van der Waals surface area contributed by atoms with Crippen LogP contribution in [0.4, 0.5) is 5.82 Å². The molecule has 0 saturated carbocycles. The Hall–Kier alpha value is -1.62. The normalized spacial score (nSPS) is 18.4. The first-order valence-corrected chi connectivity index (χ1v) is 7.31. The summed E-state index contributed by atoms with van der Waals surface area (Å²) in [6, 6.07) is 3.95. The van der Waals surface area contributed by atoms with E-state index >= 15 is 0 Å². The van der Waals surface area contributed by atoms with E-state index in [1.165, 1.54) is 7.11 Å². The summed E-state index contributed by atoms with van der Waals surface area (Å²) >= 11 is 0. The minimum absolute atomic E-state index is 0.0872. The Balaban J connectivity index is 2.17. The van der Waals surface area contributed by atoms with Crippen LogP contribution in [-0.2, 0) is 14.9 Å². The lowest BCUT2D eigenvalue weighted by atomic mass is 9.86. The number of anilines is 1. The lowest BCUT2D eigenvalue weighted by Crippen LogP contribution is -2.57. The molecule has 116 valence electrons. The Bertz CT molecular complexity index is 509. The first kappa shape index (κ1) is 15.8. The van der Waals surface area contributed by atoms with Gasteiger partial charge in [0.1, 0.15) is 5.82 Å². The fraction of sp³-hybridized carbons (Fsp3) is 0.625. The second kappa shape index (κ2) is 5.64. The monoisotopic (exact) mass is 291 g/mol. The summed E-state index contributed by atoms with van der Waals surface area (Å²) in [5.74, 6) is 0.703. The van der Waals surface area contributed by atoms with Gasteiger partial charge in [0.15, 0.2) is 0 Å². The van der Waals surface area contributed by atoms with Gasteiger partial charge >= 0.3 is 5.97 Å². The molecule has 21 heavy (non-hydrogen) atoms. The number of hydrogen-bond donors (Lipinski definition) is 1. The van der Waals surface area contributed by atoms with Crippen LogP contribution in [0.1, 0.15) is 33.3 Å². The molecule has 0 amide bonds. The van der Waals surface area contributed by atoms with E-state index in [1.807, 2.05) is 26.0 Å². The number of rotatable bonds is 3. The maximum absolute atomic E-state index is 11.8. The van der Waals surface area contributed by atoms with Crippen molar-refractivity contribution in [2.24, 2.45) is 0 Å². The zero-order chi connectivity index (χ0) is 15.7. The summed E-state index contributed by atoms with van der Waals surface area (Å²) in [5, 5.41) is 3.49. The molecule has 1 aliphatic heterocycles. The summed E-state index contributed by atoms with van der Waals surface area (Å²) in [4.78, 5) is 18.6. The Morgan fingerprint density at radius 2 is 2.14 bits per heavy atom. The van der Waals surface area contributed by atoms with E-state index in [0.29, 0.717) is 0 Å². The lowest BCUT2D eigenvalue weighted by molar-refractivity contribution is -0.146. The molecule has 2 heterocycles. The predicted octanol–water partition coefficient (Wildman–Crippen LogP) is 1.72. The quantitative estimate of drug-likeness (QED) is 0.859. The number of carbonyl (C=O) groups is 1. The van der Waals surface area contributed by atoms with Crippen molar-refractivity contribution in [3.8, 4) is 0 Å². The smallest absolute Gasteiger partial charge is 0.315 e. The maximum Gasteiger partial charge on any atom is 0.315 e. The summed E-state index contributed by atoms with van der Waals surface area (Å²) in [6.45, 7) is 10.9. The number of esters is 1. The van der Waals surface area contributed by atoms with E-state index in [0.717, 1.165) is 31.0 Å². The maximum atomic E-state index is 11.8. The predicted molar refractivity (Wildman–Crippen MR) is 83.6 cm³/mol. The number of pyridine rings is 1. The van der Waals surface area contributed by atoms with E-state index in [4.69, 9.17) is 4.74 Å². The number of hydrogen-bond acceptors (Lipinski definition) is 5. The molecule has 0 aromatic carbocycles. The third kappa shape index (κ3) is 3.35. The first-order chi connectivity index (χ1) is 9.76. The topological polar surface area (TPSA) is 54.5 Å². The summed E-state index contributed by atoms with van der Waals surface area (Å²) in [7, 11) is 1.41. The third-order valence-corrected chi connectivity index (χ3v) is 4.06. The highest BCUT2D eigenvalue weighted by Crippen LogP contribution is 2.26. The molecule has 0 unspecified atom stereocenters. The van der Waals surface area contributed by atoms with Crippen LogP contribution < -0.4 is 10.2 Å². The van der Waals surface area contributed by atoms with Crippen molar-refractivity contribution in [2.45, 2.75) is 38.6 Å². The number of carbonyl (C=O) groups excluding carboxylic acids is 1. The average Bonchev–Trinajstić information content (AvgIpc) is 2.45. The standard InChI is InChI=1S/C16H25N3O2/c1-15(2)11-19(9-8-18-15)13-7-6-12(10-17-13)16(3,4)14(20)21-5/h6-7,10,18H,8-9,11H2,1-5H3. The first-order valence-electron chi connectivity index (χ1n) is 7.31. The van der Waals surface area contributed by atoms with Crippen LogP contribution in [0.5, 0.6) is 0 Å². The summed E-state index contributed by atoms with van der Waals surface area (Å²) in [5.41, 5.74) is 0.278. The second-order valence-electron chi connectivity index (χ2n) is 6.75. The molecule has 0 spiro atoms. The molecule has 1 fully saturated rings. The van der Waals surface area contributed by atoms with Crippen molar-refractivity contribution in [2.75, 3.05) is 31.6 Å². The SMILES string of the molecule is COC(=O)C(C)(C)c1ccc(N2CCNC(C)(C)C2)nc1. The minimum Gasteiger partial charge on any atom is -0.468 e. The molecule has 0 aliphatic carbocycles. The number of ether oxygens (including phenoxy) is 1. The van der Waals surface area contributed by atoms with E-state index in [1.54, 1.807) is 6.20 Å². The van der Waals surface area contributed by atoms with Gasteiger partial charge in [0, 0.05) is 31.4 Å². The highest BCUT2D eigenvalue weighted by molar-refractivity contribution is 5.82. The Morgan fingerprint density at radius 3 is 2.67 bits per heavy atom. The van der Waals surface area contributed by atoms with Gasteiger partial charge in [-0.25, -0.2) is 4.98 Å². The van der Waals surface area contributed by atoms with Gasteiger partial charge in [-0.3, -0.25) is 4.79 Å². The Kier molecular flexibility index (Phi) is 4.23. The zero-order valence-electron chi connectivity index (χ0n) is 13.6. The highest BCUT2D eigenvalue weighted by Gasteiger charge is 2.32.